The molecule has 12 heavy (non-hydrogen) atoms. The van der Waals surface area contributed by atoms with Crippen molar-refractivity contribution < 1.29 is 9.47 Å². The fourth-order valence-electron chi connectivity index (χ4n) is 0.922. The van der Waals surface area contributed by atoms with E-state index in [4.69, 9.17) is 9.47 Å². The molecule has 3 heteroatoms. The van der Waals surface area contributed by atoms with Crippen LogP contribution in [0.2, 0.25) is 0 Å². The zero-order valence-electron chi connectivity index (χ0n) is 8.67. The highest BCUT2D eigenvalue weighted by atomic mass is 16.5. The molecule has 0 rings (SSSR count). The Kier molecular flexibility index (Phi) is 7.45. The number of hydrogen-bond donors (Lipinski definition) is 0. The van der Waals surface area contributed by atoms with Crippen LogP contribution in [-0.4, -0.2) is 44.5 Å². The van der Waals surface area contributed by atoms with Crippen molar-refractivity contribution in [3.05, 3.63) is 0 Å². The Bertz CT molecular complexity index is 94.5. The molecule has 0 bridgehead atoms. The van der Waals surface area contributed by atoms with Gasteiger partial charge in [-0.2, -0.15) is 0 Å². The number of hydrogen-bond acceptors (Lipinski definition) is 3. The summed E-state index contributed by atoms with van der Waals surface area (Å²) in [6.45, 7) is 9.74. The molecule has 0 aliphatic rings. The van der Waals surface area contributed by atoms with E-state index in [-0.39, 0.29) is 6.10 Å². The van der Waals surface area contributed by atoms with Crippen molar-refractivity contribution in [2.75, 3.05) is 33.5 Å². The van der Waals surface area contributed by atoms with Gasteiger partial charge in [-0.15, -0.1) is 0 Å². The van der Waals surface area contributed by atoms with E-state index >= 15 is 0 Å². The minimum atomic E-state index is 0.190. The van der Waals surface area contributed by atoms with Crippen molar-refractivity contribution in [1.29, 1.82) is 0 Å². The lowest BCUT2D eigenvalue weighted by Crippen LogP contribution is -2.29. The van der Waals surface area contributed by atoms with Crippen LogP contribution in [0.15, 0.2) is 0 Å². The molecule has 0 aromatic carbocycles. The number of nitrogens with zero attached hydrogens (tertiary/aromatic N) is 1. The van der Waals surface area contributed by atoms with Crippen LogP contribution in [-0.2, 0) is 9.47 Å². The zero-order valence-corrected chi connectivity index (χ0v) is 8.67. The van der Waals surface area contributed by atoms with Gasteiger partial charge in [-0.25, -0.2) is 0 Å². The maximum atomic E-state index is 5.53. The molecule has 0 spiro atoms. The first kappa shape index (κ1) is 11.9. The lowest BCUT2D eigenvalue weighted by molar-refractivity contribution is -0.0413. The second-order valence-electron chi connectivity index (χ2n) is 2.87. The van der Waals surface area contributed by atoms with Gasteiger partial charge in [0.1, 0.15) is 0 Å². The highest BCUT2D eigenvalue weighted by Crippen LogP contribution is 1.94. The molecule has 1 unspecified atom stereocenters. The van der Waals surface area contributed by atoms with Crippen LogP contribution >= 0.6 is 0 Å². The average molecular weight is 175 g/mol. The topological polar surface area (TPSA) is 21.7 Å². The molecule has 0 amide bonds. The maximum Gasteiger partial charge on any atom is 0.0994 e. The summed E-state index contributed by atoms with van der Waals surface area (Å²) in [7, 11) is 1.69. The van der Waals surface area contributed by atoms with Gasteiger partial charge in [-0.05, 0) is 20.0 Å². The molecular weight excluding hydrogens is 154 g/mol. The Hall–Kier alpha value is -0.120. The van der Waals surface area contributed by atoms with Crippen molar-refractivity contribution in [1.82, 2.24) is 4.90 Å². The van der Waals surface area contributed by atoms with Gasteiger partial charge < -0.3 is 9.47 Å². The Morgan fingerprint density at radius 3 is 2.25 bits per heavy atom. The van der Waals surface area contributed by atoms with Crippen LogP contribution in [0.1, 0.15) is 20.8 Å². The second kappa shape index (κ2) is 7.53. The van der Waals surface area contributed by atoms with Gasteiger partial charge in [0.05, 0.1) is 19.4 Å². The summed E-state index contributed by atoms with van der Waals surface area (Å²) in [6, 6.07) is 0. The molecule has 0 heterocycles. The smallest absolute Gasteiger partial charge is 0.0994 e. The minimum Gasteiger partial charge on any atom is -0.382 e. The molecule has 1 atom stereocenters. The predicted molar refractivity (Wildman–Crippen MR) is 50.2 cm³/mol. The molecule has 3 nitrogen and oxygen atoms in total. The van der Waals surface area contributed by atoms with Crippen LogP contribution in [0.4, 0.5) is 0 Å². The molecule has 0 N–H and O–H groups in total. The highest BCUT2D eigenvalue weighted by Gasteiger charge is 2.03. The SMILES string of the molecule is CCN(CC)COC(C)COC. The molecule has 74 valence electrons. The summed E-state index contributed by atoms with van der Waals surface area (Å²) >= 11 is 0. The molecular formula is C9H21NO2. The van der Waals surface area contributed by atoms with E-state index < -0.39 is 0 Å². The van der Waals surface area contributed by atoms with Crippen molar-refractivity contribution in [3.63, 3.8) is 0 Å². The monoisotopic (exact) mass is 175 g/mol. The summed E-state index contributed by atoms with van der Waals surface area (Å²) in [5, 5.41) is 0. The Balaban J connectivity index is 3.37. The standard InChI is InChI=1S/C9H21NO2/c1-5-10(6-2)8-12-9(3)7-11-4/h9H,5-8H2,1-4H3. The molecule has 0 fully saturated rings. The molecule has 0 saturated carbocycles. The predicted octanol–water partition coefficient (Wildman–Crippen LogP) is 1.34. The summed E-state index contributed by atoms with van der Waals surface area (Å²) in [5.41, 5.74) is 0. The van der Waals surface area contributed by atoms with Gasteiger partial charge >= 0.3 is 0 Å². The summed E-state index contributed by atoms with van der Waals surface area (Å²) in [6.07, 6.45) is 0.190. The lowest BCUT2D eigenvalue weighted by atomic mass is 10.4. The van der Waals surface area contributed by atoms with Crippen LogP contribution in [0.3, 0.4) is 0 Å². The van der Waals surface area contributed by atoms with Gasteiger partial charge in [0.25, 0.3) is 0 Å². The molecule has 0 aromatic heterocycles. The fourth-order valence-corrected chi connectivity index (χ4v) is 0.922. The fraction of sp³-hybridized carbons (Fsp3) is 1.00. The number of ether oxygens (including phenoxy) is 2. The van der Waals surface area contributed by atoms with E-state index in [2.05, 4.69) is 18.7 Å². The largest absolute Gasteiger partial charge is 0.382 e. The molecule has 0 radical (unpaired) electrons. The third-order valence-electron chi connectivity index (χ3n) is 1.84. The van der Waals surface area contributed by atoms with Gasteiger partial charge in [0.2, 0.25) is 0 Å². The van der Waals surface area contributed by atoms with Crippen molar-refractivity contribution >= 4 is 0 Å². The minimum absolute atomic E-state index is 0.190. The Morgan fingerprint density at radius 1 is 1.25 bits per heavy atom. The molecule has 0 saturated heterocycles. The summed E-state index contributed by atoms with van der Waals surface area (Å²) in [4.78, 5) is 2.23. The number of methoxy groups -OCH3 is 1. The van der Waals surface area contributed by atoms with Crippen LogP contribution < -0.4 is 0 Å². The van der Waals surface area contributed by atoms with Gasteiger partial charge in [0.15, 0.2) is 0 Å². The van der Waals surface area contributed by atoms with Crippen molar-refractivity contribution in [3.8, 4) is 0 Å². The summed E-state index contributed by atoms with van der Waals surface area (Å²) < 4.78 is 10.5. The van der Waals surface area contributed by atoms with Crippen LogP contribution in [0, 0.1) is 0 Å². The Labute approximate surface area is 75.6 Å². The van der Waals surface area contributed by atoms with Crippen molar-refractivity contribution in [2.24, 2.45) is 0 Å². The quantitative estimate of drug-likeness (QED) is 0.545. The third kappa shape index (κ3) is 5.52. The summed E-state index contributed by atoms with van der Waals surface area (Å²) in [5.74, 6) is 0. The van der Waals surface area contributed by atoms with E-state index in [1.807, 2.05) is 6.92 Å². The van der Waals surface area contributed by atoms with E-state index in [0.717, 1.165) is 13.1 Å². The maximum absolute atomic E-state index is 5.53. The third-order valence-corrected chi connectivity index (χ3v) is 1.84. The van der Waals surface area contributed by atoms with Gasteiger partial charge in [0, 0.05) is 7.11 Å². The first-order valence-corrected chi connectivity index (χ1v) is 4.57. The first-order valence-electron chi connectivity index (χ1n) is 4.57. The van der Waals surface area contributed by atoms with Crippen LogP contribution in [0.25, 0.3) is 0 Å². The lowest BCUT2D eigenvalue weighted by Gasteiger charge is -2.20. The second-order valence-corrected chi connectivity index (χ2v) is 2.87. The highest BCUT2D eigenvalue weighted by molar-refractivity contribution is 4.48. The first-order chi connectivity index (χ1) is 5.74. The van der Waals surface area contributed by atoms with Crippen LogP contribution in [0.5, 0.6) is 0 Å². The van der Waals surface area contributed by atoms with E-state index in [9.17, 15) is 0 Å². The van der Waals surface area contributed by atoms with Gasteiger partial charge in [-0.1, -0.05) is 13.8 Å². The molecule has 0 aromatic rings. The van der Waals surface area contributed by atoms with E-state index in [1.165, 1.54) is 0 Å². The average Bonchev–Trinajstić information content (AvgIpc) is 2.07. The molecule has 0 aliphatic carbocycles. The Morgan fingerprint density at radius 2 is 1.83 bits per heavy atom. The van der Waals surface area contributed by atoms with Gasteiger partial charge in [-0.3, -0.25) is 4.90 Å². The zero-order chi connectivity index (χ0) is 9.40. The molecule has 0 aliphatic heterocycles. The van der Waals surface area contributed by atoms with E-state index in [0.29, 0.717) is 13.3 Å². The normalized spacial score (nSPS) is 13.8. The number of rotatable bonds is 7. The van der Waals surface area contributed by atoms with Crippen molar-refractivity contribution in [2.45, 2.75) is 26.9 Å². The van der Waals surface area contributed by atoms with E-state index in [1.54, 1.807) is 7.11 Å².